The molecule has 0 aliphatic carbocycles. The molecule has 130 valence electrons. The number of hydrogen-bond donors (Lipinski definition) is 2. The maximum atomic E-state index is 10.1. The maximum Gasteiger partial charge on any atom is 0.118 e. The van der Waals surface area contributed by atoms with Gasteiger partial charge in [0.05, 0.1) is 38.3 Å². The lowest BCUT2D eigenvalue weighted by molar-refractivity contribution is -0.931. The number of hydrogen-bond acceptors (Lipinski definition) is 4. The van der Waals surface area contributed by atoms with Crippen molar-refractivity contribution in [1.82, 2.24) is 0 Å². The highest BCUT2D eigenvalue weighted by Crippen LogP contribution is 2.39. The van der Waals surface area contributed by atoms with Crippen molar-refractivity contribution in [3.63, 3.8) is 0 Å². The number of carboxylic acid groups (broad SMARTS) is 1. The number of aliphatic carboxylic acids is 1. The lowest BCUT2D eigenvalue weighted by atomic mass is 9.98. The number of rotatable bonds is 2. The molecule has 2 aliphatic heterocycles. The monoisotopic (exact) mass is 386 g/mol. The summed E-state index contributed by atoms with van der Waals surface area (Å²) in [5, 5.41) is 28.6. The van der Waals surface area contributed by atoms with Crippen LogP contribution in [-0.4, -0.2) is 52.9 Å². The predicted octanol–water partition coefficient (Wildman–Crippen LogP) is -2.78. The fourth-order valence-electron chi connectivity index (χ4n) is 3.62. The summed E-state index contributed by atoms with van der Waals surface area (Å²) in [6, 6.07) is 9.59. The summed E-state index contributed by atoms with van der Waals surface area (Å²) >= 11 is 0. The van der Waals surface area contributed by atoms with Gasteiger partial charge in [0.25, 0.3) is 0 Å². The van der Waals surface area contributed by atoms with E-state index in [-0.39, 0.29) is 23.1 Å². The van der Waals surface area contributed by atoms with Crippen molar-refractivity contribution in [2.75, 3.05) is 14.1 Å². The Bertz CT molecular complexity index is 493. The second-order valence-corrected chi connectivity index (χ2v) is 6.77. The Morgan fingerprint density at radius 1 is 1.17 bits per heavy atom. The van der Waals surface area contributed by atoms with E-state index in [1.165, 1.54) is 25.0 Å². The molecule has 2 bridgehead atoms. The molecule has 2 aliphatic rings. The Hall–Kier alpha value is -0.950. The first kappa shape index (κ1) is 20.1. The molecule has 3 rings (SSSR count). The van der Waals surface area contributed by atoms with Gasteiger partial charge >= 0.3 is 0 Å². The van der Waals surface area contributed by atoms with Crippen molar-refractivity contribution in [1.29, 1.82) is 0 Å². The van der Waals surface area contributed by atoms with Gasteiger partial charge in [-0.3, -0.25) is 0 Å². The highest BCUT2D eigenvalue weighted by Gasteiger charge is 2.48. The quantitative estimate of drug-likeness (QED) is 0.539. The molecule has 2 saturated heterocycles. The van der Waals surface area contributed by atoms with E-state index < -0.39 is 12.1 Å². The first-order valence-corrected chi connectivity index (χ1v) is 7.77. The predicted molar refractivity (Wildman–Crippen MR) is 80.6 cm³/mol. The second kappa shape index (κ2) is 8.24. The molecule has 5 nitrogen and oxygen atoms in total. The molecule has 4 atom stereocenters. The van der Waals surface area contributed by atoms with Gasteiger partial charge in [0.2, 0.25) is 0 Å². The molecule has 2 heterocycles. The topological polar surface area (TPSA) is 80.6 Å². The zero-order valence-electron chi connectivity index (χ0n) is 13.6. The van der Waals surface area contributed by atoms with Crippen LogP contribution in [0, 0.1) is 0 Å². The molecule has 1 aromatic rings. The molecule has 0 amide bonds. The molecular weight excluding hydrogens is 362 g/mol. The van der Waals surface area contributed by atoms with Crippen molar-refractivity contribution in [3.8, 4) is 0 Å². The van der Waals surface area contributed by atoms with Gasteiger partial charge in [-0.2, -0.15) is 0 Å². The Kier molecular flexibility index (Phi) is 7.20. The van der Waals surface area contributed by atoms with E-state index in [4.69, 9.17) is 5.11 Å². The first-order chi connectivity index (χ1) is 10.3. The second-order valence-electron chi connectivity index (χ2n) is 6.77. The highest BCUT2D eigenvalue weighted by atomic mass is 79.9. The molecule has 2 N–H and O–H groups in total. The number of aliphatic hydroxyl groups is 2. The van der Waals surface area contributed by atoms with Crippen LogP contribution in [0.4, 0.5) is 0 Å². The van der Waals surface area contributed by atoms with Crippen LogP contribution in [0.15, 0.2) is 30.3 Å². The molecule has 6 heteroatoms. The van der Waals surface area contributed by atoms with Gasteiger partial charge in [0, 0.05) is 25.7 Å². The lowest BCUT2D eigenvalue weighted by Gasteiger charge is -2.42. The summed E-state index contributed by atoms with van der Waals surface area (Å²) in [7, 11) is 4.63. The molecule has 0 spiro atoms. The number of benzene rings is 1. The number of carboxylic acids is 1. The van der Waals surface area contributed by atoms with Crippen molar-refractivity contribution in [2.45, 2.75) is 50.0 Å². The van der Waals surface area contributed by atoms with Crippen LogP contribution in [0.5, 0.6) is 0 Å². The van der Waals surface area contributed by atoms with Crippen molar-refractivity contribution in [3.05, 3.63) is 35.9 Å². The molecule has 23 heavy (non-hydrogen) atoms. The van der Waals surface area contributed by atoms with Crippen LogP contribution in [0.3, 0.4) is 0 Å². The van der Waals surface area contributed by atoms with E-state index in [0.29, 0.717) is 5.56 Å². The standard InChI is InChI=1S/C9H18NO.C8H8O3.BrH/c1-10(2)7-3-4-8(10)6-9(11)5-7;9-7(8(10)11)6-4-2-1-3-5-6;/h7-9,11H,3-6H2,1-2H3;1-5,7,9H,(H,10,11);1H/q+1;;/p-2/t7-,8+,9?;;. The van der Waals surface area contributed by atoms with E-state index in [9.17, 15) is 15.0 Å². The molecule has 0 aromatic heterocycles. The number of quaternary nitrogens is 1. The van der Waals surface area contributed by atoms with Gasteiger partial charge in [-0.1, -0.05) is 30.3 Å². The van der Waals surface area contributed by atoms with E-state index in [2.05, 4.69) is 14.1 Å². The summed E-state index contributed by atoms with van der Waals surface area (Å²) in [5.41, 5.74) is 0.340. The van der Waals surface area contributed by atoms with Gasteiger partial charge < -0.3 is 41.6 Å². The van der Waals surface area contributed by atoms with E-state index >= 15 is 0 Å². The largest absolute Gasteiger partial charge is 1.00 e. The van der Waals surface area contributed by atoms with E-state index in [1.807, 2.05) is 0 Å². The van der Waals surface area contributed by atoms with Gasteiger partial charge in [-0.25, -0.2) is 0 Å². The number of fused-ring (bicyclic) bond motifs is 2. The summed E-state index contributed by atoms with van der Waals surface area (Å²) < 4.78 is 1.16. The van der Waals surface area contributed by atoms with Crippen molar-refractivity contribution >= 4 is 5.97 Å². The molecule has 2 fully saturated rings. The Labute approximate surface area is 147 Å². The van der Waals surface area contributed by atoms with Gasteiger partial charge in [-0.05, 0) is 5.56 Å². The average molecular weight is 387 g/mol. The third kappa shape index (κ3) is 4.76. The molecular formula is C17H25BrNO4-. The number of carbonyl (C=O) groups is 1. The molecule has 0 saturated carbocycles. The number of aliphatic hydroxyl groups excluding tert-OH is 2. The van der Waals surface area contributed by atoms with Crippen LogP contribution in [-0.2, 0) is 4.79 Å². The minimum Gasteiger partial charge on any atom is -1.00 e. The Morgan fingerprint density at radius 3 is 2.09 bits per heavy atom. The van der Waals surface area contributed by atoms with Crippen molar-refractivity contribution < 1.29 is 41.6 Å². The van der Waals surface area contributed by atoms with Gasteiger partial charge in [-0.15, -0.1) is 0 Å². The summed E-state index contributed by atoms with van der Waals surface area (Å²) in [6.45, 7) is 0. The molecule has 0 radical (unpaired) electrons. The summed E-state index contributed by atoms with van der Waals surface area (Å²) in [5.74, 6) is -1.48. The zero-order chi connectivity index (χ0) is 16.3. The van der Waals surface area contributed by atoms with E-state index in [0.717, 1.165) is 29.4 Å². The Balaban J connectivity index is 0.000000220. The van der Waals surface area contributed by atoms with Crippen LogP contribution in [0.2, 0.25) is 0 Å². The maximum absolute atomic E-state index is 10.1. The third-order valence-electron chi connectivity index (χ3n) is 5.14. The Morgan fingerprint density at radius 2 is 1.65 bits per heavy atom. The lowest BCUT2D eigenvalue weighted by Crippen LogP contribution is -3.00. The number of carbonyl (C=O) groups excluding carboxylic acids is 1. The van der Waals surface area contributed by atoms with Gasteiger partial charge in [0.15, 0.2) is 0 Å². The van der Waals surface area contributed by atoms with Crippen LogP contribution in [0.25, 0.3) is 0 Å². The zero-order valence-corrected chi connectivity index (χ0v) is 15.1. The number of piperidine rings is 1. The third-order valence-corrected chi connectivity index (χ3v) is 5.14. The molecule has 1 aromatic carbocycles. The number of nitrogens with zero attached hydrogens (tertiary/aromatic N) is 1. The fraction of sp³-hybridized carbons (Fsp3) is 0.588. The summed E-state index contributed by atoms with van der Waals surface area (Å²) in [6.07, 6.45) is 3.20. The minimum absolute atomic E-state index is 0. The first-order valence-electron chi connectivity index (χ1n) is 7.77. The fourth-order valence-corrected chi connectivity index (χ4v) is 3.62. The van der Waals surface area contributed by atoms with E-state index in [1.54, 1.807) is 18.2 Å². The normalized spacial score (nSPS) is 28.8. The summed E-state index contributed by atoms with van der Waals surface area (Å²) in [4.78, 5) is 10.1. The minimum atomic E-state index is -1.52. The SMILES string of the molecule is C[N+]1(C)[C@@H]2CC[C@H]1CC(O)C2.O=C([O-])C(O)c1ccccc1.[Br-]. The van der Waals surface area contributed by atoms with Crippen LogP contribution in [0.1, 0.15) is 37.4 Å². The van der Waals surface area contributed by atoms with Crippen molar-refractivity contribution in [2.24, 2.45) is 0 Å². The van der Waals surface area contributed by atoms with Crippen LogP contribution < -0.4 is 22.1 Å². The average Bonchev–Trinajstić information content (AvgIpc) is 2.67. The van der Waals surface area contributed by atoms with Crippen LogP contribution >= 0.6 is 0 Å². The smallest absolute Gasteiger partial charge is 0.118 e. The van der Waals surface area contributed by atoms with Gasteiger partial charge in [0.1, 0.15) is 6.10 Å². The highest BCUT2D eigenvalue weighted by molar-refractivity contribution is 5.71. The number of halogens is 1. The molecule has 2 unspecified atom stereocenters.